The van der Waals surface area contributed by atoms with Crippen LogP contribution >= 0.6 is 11.6 Å². The Morgan fingerprint density at radius 2 is 1.70 bits per heavy atom. The van der Waals surface area contributed by atoms with Crippen LogP contribution < -0.4 is 32.5 Å². The molecule has 5 aliphatic rings. The predicted molar refractivity (Wildman–Crippen MR) is 119 cm³/mol. The van der Waals surface area contributed by atoms with Gasteiger partial charge in [0.25, 0.3) is 0 Å². The summed E-state index contributed by atoms with van der Waals surface area (Å²) in [7, 11) is 0. The van der Waals surface area contributed by atoms with Crippen LogP contribution in [0.25, 0.3) is 0 Å². The van der Waals surface area contributed by atoms with Crippen molar-refractivity contribution in [3.05, 3.63) is 0 Å². The maximum Gasteiger partial charge on any atom is 0.116 e. The Bertz CT molecular complexity index is 557. The van der Waals surface area contributed by atoms with Gasteiger partial charge in [0.05, 0.1) is 25.5 Å². The lowest BCUT2D eigenvalue weighted by Crippen LogP contribution is -2.71. The summed E-state index contributed by atoms with van der Waals surface area (Å²) in [6.45, 7) is 3.61. The minimum absolute atomic E-state index is 0.101. The number of morpholine rings is 1. The van der Waals surface area contributed by atoms with Crippen LogP contribution in [0.1, 0.15) is 51.4 Å². The van der Waals surface area contributed by atoms with Crippen molar-refractivity contribution in [3.8, 4) is 0 Å². The van der Waals surface area contributed by atoms with Gasteiger partial charge in [0.15, 0.2) is 0 Å². The Hall–Kier alpha value is -0.0300. The summed E-state index contributed by atoms with van der Waals surface area (Å²) in [5.41, 5.74) is 13.0. The van der Waals surface area contributed by atoms with E-state index in [2.05, 4.69) is 31.7 Å². The maximum atomic E-state index is 6.34. The molecule has 172 valence electrons. The molecule has 30 heavy (non-hydrogen) atoms. The zero-order valence-corrected chi connectivity index (χ0v) is 18.7. The molecule has 9 heteroatoms. The van der Waals surface area contributed by atoms with Crippen molar-refractivity contribution in [2.75, 3.05) is 26.3 Å². The lowest BCUT2D eigenvalue weighted by atomic mass is 9.74. The third kappa shape index (κ3) is 4.97. The second-order valence-electron chi connectivity index (χ2n) is 10.1. The molecule has 7 unspecified atom stereocenters. The molecule has 7 N–H and O–H groups in total. The Morgan fingerprint density at radius 1 is 0.900 bits per heavy atom. The van der Waals surface area contributed by atoms with Crippen molar-refractivity contribution in [1.29, 1.82) is 0 Å². The van der Waals surface area contributed by atoms with Gasteiger partial charge in [-0.1, -0.05) is 0 Å². The first-order chi connectivity index (χ1) is 14.7. The Morgan fingerprint density at radius 3 is 2.50 bits per heavy atom. The van der Waals surface area contributed by atoms with Crippen LogP contribution in [-0.2, 0) is 4.74 Å². The summed E-state index contributed by atoms with van der Waals surface area (Å²) in [6, 6.07) is 1.60. The number of nitrogens with zero attached hydrogens (tertiary/aromatic N) is 1. The number of alkyl halides is 1. The molecule has 2 aliphatic carbocycles. The largest absolute Gasteiger partial charge is 0.379 e. The van der Waals surface area contributed by atoms with Gasteiger partial charge < -0.3 is 10.5 Å². The van der Waals surface area contributed by atoms with Crippen LogP contribution in [0.15, 0.2) is 0 Å². The van der Waals surface area contributed by atoms with E-state index < -0.39 is 0 Å². The fourth-order valence-electron chi connectivity index (χ4n) is 6.32. The van der Waals surface area contributed by atoms with Gasteiger partial charge in [0, 0.05) is 42.5 Å². The highest BCUT2D eigenvalue weighted by Gasteiger charge is 2.43. The third-order valence-electron chi connectivity index (χ3n) is 8.14. The number of hydrogen-bond acceptors (Lipinski definition) is 8. The molecule has 0 aromatic rings. The average Bonchev–Trinajstić information content (AvgIpc) is 3.16. The first kappa shape index (κ1) is 21.8. The van der Waals surface area contributed by atoms with Gasteiger partial charge >= 0.3 is 0 Å². The van der Waals surface area contributed by atoms with E-state index in [1.807, 2.05) is 0 Å². The minimum atomic E-state index is 0.101. The zero-order valence-electron chi connectivity index (χ0n) is 18.0. The average molecular weight is 442 g/mol. The number of rotatable bonds is 4. The summed E-state index contributed by atoms with van der Waals surface area (Å²) in [4.78, 5) is 2.51. The fourth-order valence-corrected chi connectivity index (χ4v) is 6.58. The summed E-state index contributed by atoms with van der Waals surface area (Å²) in [5.74, 6) is 1.25. The number of nitrogens with two attached hydrogens (primary N) is 1. The molecular weight excluding hydrogens is 402 g/mol. The molecule has 0 radical (unpaired) electrons. The highest BCUT2D eigenvalue weighted by atomic mass is 35.5. The first-order valence-electron chi connectivity index (χ1n) is 12.2. The normalized spacial score (nSPS) is 48.4. The monoisotopic (exact) mass is 441 g/mol. The second-order valence-corrected chi connectivity index (χ2v) is 10.7. The van der Waals surface area contributed by atoms with Gasteiger partial charge in [-0.25, -0.2) is 5.43 Å². The molecule has 0 spiro atoms. The van der Waals surface area contributed by atoms with E-state index >= 15 is 0 Å². The van der Waals surface area contributed by atoms with Gasteiger partial charge in [-0.05, 0) is 57.3 Å². The van der Waals surface area contributed by atoms with Crippen molar-refractivity contribution in [3.63, 3.8) is 0 Å². The fraction of sp³-hybridized carbons (Fsp3) is 1.00. The van der Waals surface area contributed by atoms with Crippen molar-refractivity contribution >= 4 is 11.6 Å². The quantitative estimate of drug-likeness (QED) is 0.344. The van der Waals surface area contributed by atoms with Crippen molar-refractivity contribution in [1.82, 2.24) is 31.7 Å². The molecule has 7 atom stereocenters. The molecule has 0 amide bonds. The minimum Gasteiger partial charge on any atom is -0.379 e. The van der Waals surface area contributed by atoms with E-state index in [-0.39, 0.29) is 12.5 Å². The topological polar surface area (TPSA) is 98.6 Å². The van der Waals surface area contributed by atoms with Crippen LogP contribution in [-0.4, -0.2) is 73.3 Å². The van der Waals surface area contributed by atoms with Crippen molar-refractivity contribution in [2.45, 2.75) is 93.5 Å². The van der Waals surface area contributed by atoms with E-state index in [9.17, 15) is 0 Å². The Balaban J connectivity index is 1.24. The molecular formula is C21H40ClN7O. The standard InChI is InChI=1S/C21H40ClN7O/c22-14-2-4-15(5-3-14)24-19-12-17(25-21(26-19)29-7-9-30-10-8-29)13-1-6-16-18(11-13)27-28-20(16)23/h13-21,24-28H,1-12,23H2. The summed E-state index contributed by atoms with van der Waals surface area (Å²) in [5, 5.41) is 12.2. The lowest BCUT2D eigenvalue weighted by molar-refractivity contribution is -0.0273. The summed E-state index contributed by atoms with van der Waals surface area (Å²) < 4.78 is 5.60. The van der Waals surface area contributed by atoms with E-state index in [4.69, 9.17) is 22.1 Å². The first-order valence-corrected chi connectivity index (χ1v) is 12.6. The van der Waals surface area contributed by atoms with E-state index in [0.29, 0.717) is 41.5 Å². The molecule has 8 nitrogen and oxygen atoms in total. The molecule has 5 rings (SSSR count). The number of nitrogens with one attached hydrogen (secondary N) is 5. The Kier molecular flexibility index (Phi) is 7.16. The van der Waals surface area contributed by atoms with Gasteiger partial charge in [0.2, 0.25) is 0 Å². The van der Waals surface area contributed by atoms with E-state index in [0.717, 1.165) is 45.6 Å². The van der Waals surface area contributed by atoms with Crippen molar-refractivity contribution in [2.24, 2.45) is 17.6 Å². The van der Waals surface area contributed by atoms with Gasteiger partial charge in [-0.3, -0.25) is 26.3 Å². The molecule has 0 aromatic carbocycles. The molecule has 2 saturated carbocycles. The van der Waals surface area contributed by atoms with E-state index in [1.54, 1.807) is 0 Å². The Labute approximate surface area is 185 Å². The van der Waals surface area contributed by atoms with Gasteiger partial charge in [0.1, 0.15) is 6.29 Å². The maximum absolute atomic E-state index is 6.34. The molecule has 3 saturated heterocycles. The molecule has 3 heterocycles. The molecule has 5 fully saturated rings. The predicted octanol–water partition coefficient (Wildman–Crippen LogP) is 0.197. The second kappa shape index (κ2) is 9.85. The number of halogens is 1. The van der Waals surface area contributed by atoms with Crippen LogP contribution in [0.2, 0.25) is 0 Å². The molecule has 3 aliphatic heterocycles. The van der Waals surface area contributed by atoms with Gasteiger partial charge in [-0.2, -0.15) is 0 Å². The highest BCUT2D eigenvalue weighted by molar-refractivity contribution is 6.20. The van der Waals surface area contributed by atoms with Crippen LogP contribution in [0.5, 0.6) is 0 Å². The smallest absolute Gasteiger partial charge is 0.116 e. The zero-order chi connectivity index (χ0) is 20.5. The number of ether oxygens (including phenoxy) is 1. The lowest BCUT2D eigenvalue weighted by Gasteiger charge is -2.48. The SMILES string of the molecule is NC1NNC2CC(C3CC(NC4CCC(Cl)CC4)NC(N4CCOCC4)N3)CCC12. The van der Waals surface area contributed by atoms with Crippen molar-refractivity contribution < 1.29 is 4.74 Å². The number of hydrogen-bond donors (Lipinski definition) is 6. The van der Waals surface area contributed by atoms with Crippen LogP contribution in [0.4, 0.5) is 0 Å². The molecule has 0 aromatic heterocycles. The van der Waals surface area contributed by atoms with Crippen LogP contribution in [0.3, 0.4) is 0 Å². The third-order valence-corrected chi connectivity index (χ3v) is 8.57. The number of fused-ring (bicyclic) bond motifs is 1. The summed E-state index contributed by atoms with van der Waals surface area (Å²) >= 11 is 6.34. The van der Waals surface area contributed by atoms with E-state index in [1.165, 1.54) is 32.1 Å². The van der Waals surface area contributed by atoms with Crippen LogP contribution in [0, 0.1) is 11.8 Å². The number of hydrazine groups is 1. The highest BCUT2D eigenvalue weighted by Crippen LogP contribution is 2.36. The summed E-state index contributed by atoms with van der Waals surface area (Å²) in [6.07, 6.45) is 10.1. The van der Waals surface area contributed by atoms with Gasteiger partial charge in [-0.15, -0.1) is 11.6 Å². The molecule has 0 bridgehead atoms.